The van der Waals surface area contributed by atoms with Gasteiger partial charge in [0.15, 0.2) is 0 Å². The zero-order chi connectivity index (χ0) is 12.8. The van der Waals surface area contributed by atoms with Crippen molar-refractivity contribution in [2.75, 3.05) is 26.2 Å². The number of hydrogen-bond donors (Lipinski definition) is 1. The third-order valence-electron chi connectivity index (χ3n) is 3.00. The monoisotopic (exact) mass is 268 g/mol. The third kappa shape index (κ3) is 3.92. The predicted octanol–water partition coefficient (Wildman–Crippen LogP) is 1.35. The fourth-order valence-corrected chi connectivity index (χ4v) is 2.20. The summed E-state index contributed by atoms with van der Waals surface area (Å²) >= 11 is 5.68. The van der Waals surface area contributed by atoms with E-state index in [1.165, 1.54) is 31.7 Å². The van der Waals surface area contributed by atoms with Crippen LogP contribution < -0.4 is 5.32 Å². The minimum absolute atomic E-state index is 0.220. The Bertz CT molecular complexity index is 407. The molecule has 0 unspecified atom stereocenters. The van der Waals surface area contributed by atoms with Crippen molar-refractivity contribution < 1.29 is 4.79 Å². The fraction of sp³-hybridized carbons (Fsp3) is 0.583. The van der Waals surface area contributed by atoms with E-state index < -0.39 is 0 Å². The maximum atomic E-state index is 11.7. The second-order valence-corrected chi connectivity index (χ2v) is 4.77. The lowest BCUT2D eigenvalue weighted by Crippen LogP contribution is -2.37. The van der Waals surface area contributed by atoms with Crippen LogP contribution in [0, 0.1) is 0 Å². The Morgan fingerprint density at radius 1 is 1.33 bits per heavy atom. The normalized spacial score (nSPS) is 16.5. The zero-order valence-corrected chi connectivity index (χ0v) is 11.0. The lowest BCUT2D eigenvalue weighted by atomic mass is 10.1. The number of aromatic nitrogens is 2. The molecule has 18 heavy (non-hydrogen) atoms. The van der Waals surface area contributed by atoms with Gasteiger partial charge in [0.2, 0.25) is 0 Å². The molecule has 1 aliphatic rings. The number of rotatable bonds is 4. The number of amides is 1. The van der Waals surface area contributed by atoms with Crippen molar-refractivity contribution in [3.05, 3.63) is 23.2 Å². The topological polar surface area (TPSA) is 58.1 Å². The van der Waals surface area contributed by atoms with Crippen LogP contribution in [-0.4, -0.2) is 47.0 Å². The van der Waals surface area contributed by atoms with Crippen molar-refractivity contribution >= 4 is 17.5 Å². The lowest BCUT2D eigenvalue weighted by molar-refractivity contribution is 0.0941. The smallest absolute Gasteiger partial charge is 0.271 e. The Morgan fingerprint density at radius 2 is 2.11 bits per heavy atom. The second kappa shape index (κ2) is 6.66. The molecule has 6 heteroatoms. The van der Waals surface area contributed by atoms with Crippen LogP contribution in [0.3, 0.4) is 0 Å². The molecule has 0 bridgehead atoms. The molecule has 5 nitrogen and oxygen atoms in total. The van der Waals surface area contributed by atoms with Crippen LogP contribution in [0.2, 0.25) is 5.15 Å². The molecule has 2 heterocycles. The first-order chi connectivity index (χ1) is 8.75. The molecular formula is C12H17ClN4O. The standard InChI is InChI=1S/C12H17ClN4O/c13-11-9-14-8-10(16-11)12(18)15-4-7-17-5-2-1-3-6-17/h8-9H,1-7H2,(H,15,18). The number of carbonyl (C=O) groups excluding carboxylic acids is 1. The number of nitrogens with one attached hydrogen (secondary N) is 1. The van der Waals surface area contributed by atoms with E-state index in [0.717, 1.165) is 19.6 Å². The zero-order valence-electron chi connectivity index (χ0n) is 10.2. The van der Waals surface area contributed by atoms with Crippen LogP contribution in [0.4, 0.5) is 0 Å². The summed E-state index contributed by atoms with van der Waals surface area (Å²) in [5.74, 6) is -0.220. The highest BCUT2D eigenvalue weighted by Crippen LogP contribution is 2.07. The molecule has 1 aliphatic heterocycles. The van der Waals surface area contributed by atoms with Crippen molar-refractivity contribution in [3.63, 3.8) is 0 Å². The molecule has 0 atom stereocenters. The molecule has 1 N–H and O–H groups in total. The van der Waals surface area contributed by atoms with Gasteiger partial charge < -0.3 is 10.2 Å². The molecule has 1 aromatic heterocycles. The third-order valence-corrected chi connectivity index (χ3v) is 3.18. The van der Waals surface area contributed by atoms with Crippen molar-refractivity contribution in [2.24, 2.45) is 0 Å². The van der Waals surface area contributed by atoms with Gasteiger partial charge in [-0.25, -0.2) is 4.98 Å². The average molecular weight is 269 g/mol. The number of piperidine rings is 1. The Morgan fingerprint density at radius 3 is 2.83 bits per heavy atom. The maximum Gasteiger partial charge on any atom is 0.271 e. The predicted molar refractivity (Wildman–Crippen MR) is 69.7 cm³/mol. The highest BCUT2D eigenvalue weighted by Gasteiger charge is 2.11. The van der Waals surface area contributed by atoms with E-state index in [1.807, 2.05) is 0 Å². The van der Waals surface area contributed by atoms with Gasteiger partial charge in [0.1, 0.15) is 10.8 Å². The Balaban J connectivity index is 1.74. The molecule has 1 aromatic rings. The molecule has 0 aromatic carbocycles. The van der Waals surface area contributed by atoms with Gasteiger partial charge in [-0.15, -0.1) is 0 Å². The largest absolute Gasteiger partial charge is 0.349 e. The van der Waals surface area contributed by atoms with Gasteiger partial charge in [-0.2, -0.15) is 0 Å². The van der Waals surface area contributed by atoms with Crippen molar-refractivity contribution in [2.45, 2.75) is 19.3 Å². The number of halogens is 1. The quantitative estimate of drug-likeness (QED) is 0.896. The summed E-state index contributed by atoms with van der Waals surface area (Å²) in [4.78, 5) is 21.9. The number of nitrogens with zero attached hydrogens (tertiary/aromatic N) is 3. The molecule has 1 amide bonds. The van der Waals surface area contributed by atoms with Crippen LogP contribution in [0.1, 0.15) is 29.8 Å². The Labute approximate surface area is 112 Å². The fourth-order valence-electron chi connectivity index (χ4n) is 2.05. The van der Waals surface area contributed by atoms with Crippen molar-refractivity contribution in [1.82, 2.24) is 20.2 Å². The van der Waals surface area contributed by atoms with Gasteiger partial charge in [-0.05, 0) is 25.9 Å². The van der Waals surface area contributed by atoms with Crippen LogP contribution in [0.25, 0.3) is 0 Å². The highest BCUT2D eigenvalue weighted by molar-refractivity contribution is 6.29. The molecule has 0 aliphatic carbocycles. The van der Waals surface area contributed by atoms with E-state index in [2.05, 4.69) is 20.2 Å². The van der Waals surface area contributed by atoms with Gasteiger partial charge in [-0.3, -0.25) is 9.78 Å². The van der Waals surface area contributed by atoms with Gasteiger partial charge in [-0.1, -0.05) is 18.0 Å². The van der Waals surface area contributed by atoms with Gasteiger partial charge in [0.05, 0.1) is 12.4 Å². The Kier molecular flexibility index (Phi) is 4.90. The first kappa shape index (κ1) is 13.2. The SMILES string of the molecule is O=C(NCCN1CCCCC1)c1cncc(Cl)n1. The maximum absolute atomic E-state index is 11.7. The molecule has 1 saturated heterocycles. The minimum atomic E-state index is -0.220. The molecular weight excluding hydrogens is 252 g/mol. The summed E-state index contributed by atoms with van der Waals surface area (Å²) in [6.45, 7) is 3.78. The lowest BCUT2D eigenvalue weighted by Gasteiger charge is -2.26. The molecule has 0 radical (unpaired) electrons. The van der Waals surface area contributed by atoms with Crippen LogP contribution in [0.5, 0.6) is 0 Å². The summed E-state index contributed by atoms with van der Waals surface area (Å²) in [7, 11) is 0. The van der Waals surface area contributed by atoms with Crippen molar-refractivity contribution in [3.8, 4) is 0 Å². The van der Waals surface area contributed by atoms with E-state index in [9.17, 15) is 4.79 Å². The molecule has 2 rings (SSSR count). The van der Waals surface area contributed by atoms with E-state index in [-0.39, 0.29) is 16.8 Å². The van der Waals surface area contributed by atoms with Crippen molar-refractivity contribution in [1.29, 1.82) is 0 Å². The Hall–Kier alpha value is -1.20. The van der Waals surface area contributed by atoms with Gasteiger partial charge in [0, 0.05) is 13.1 Å². The van der Waals surface area contributed by atoms with E-state index in [4.69, 9.17) is 11.6 Å². The number of hydrogen-bond acceptors (Lipinski definition) is 4. The number of carbonyl (C=O) groups is 1. The first-order valence-corrected chi connectivity index (χ1v) is 6.61. The minimum Gasteiger partial charge on any atom is -0.349 e. The van der Waals surface area contributed by atoms with Crippen LogP contribution >= 0.6 is 11.6 Å². The molecule has 98 valence electrons. The second-order valence-electron chi connectivity index (χ2n) is 4.39. The molecule has 0 saturated carbocycles. The van der Waals surface area contributed by atoms with E-state index in [1.54, 1.807) is 0 Å². The van der Waals surface area contributed by atoms with E-state index >= 15 is 0 Å². The number of likely N-dealkylation sites (tertiary alicyclic amines) is 1. The molecule has 1 fully saturated rings. The summed E-state index contributed by atoms with van der Waals surface area (Å²) in [5, 5.41) is 3.07. The highest BCUT2D eigenvalue weighted by atomic mass is 35.5. The van der Waals surface area contributed by atoms with Gasteiger partial charge >= 0.3 is 0 Å². The summed E-state index contributed by atoms with van der Waals surface area (Å²) in [6.07, 6.45) is 6.66. The van der Waals surface area contributed by atoms with E-state index in [0.29, 0.717) is 6.54 Å². The van der Waals surface area contributed by atoms with Crippen LogP contribution in [0.15, 0.2) is 12.4 Å². The van der Waals surface area contributed by atoms with Crippen LogP contribution in [-0.2, 0) is 0 Å². The summed E-state index contributed by atoms with van der Waals surface area (Å²) in [6, 6.07) is 0. The average Bonchev–Trinajstić information content (AvgIpc) is 2.40. The first-order valence-electron chi connectivity index (χ1n) is 6.24. The summed E-state index contributed by atoms with van der Waals surface area (Å²) in [5.41, 5.74) is 0.265. The van der Waals surface area contributed by atoms with Gasteiger partial charge in [0.25, 0.3) is 5.91 Å². The summed E-state index contributed by atoms with van der Waals surface area (Å²) < 4.78 is 0. The molecule has 0 spiro atoms.